The van der Waals surface area contributed by atoms with E-state index in [2.05, 4.69) is 25.6 Å². The topological polar surface area (TPSA) is 64.6 Å². The lowest BCUT2D eigenvalue weighted by Crippen LogP contribution is -2.05. The van der Waals surface area contributed by atoms with Crippen LogP contribution in [0.25, 0.3) is 16.8 Å². The Morgan fingerprint density at radius 3 is 2.48 bits per heavy atom. The van der Waals surface area contributed by atoms with E-state index < -0.39 is 0 Å². The zero-order valence-corrected chi connectivity index (χ0v) is 16.4. The molecule has 0 spiro atoms. The SMILES string of the molecule is COc1ccc(CNc2nc(-c3ccc(N)cc3)cn3c(Br)ccc23)cc1. The fourth-order valence-corrected chi connectivity index (χ4v) is 3.35. The average Bonchev–Trinajstić information content (AvgIpc) is 3.08. The first-order valence-electron chi connectivity index (χ1n) is 8.54. The van der Waals surface area contributed by atoms with Crippen molar-refractivity contribution in [1.29, 1.82) is 0 Å². The van der Waals surface area contributed by atoms with Gasteiger partial charge in [0.2, 0.25) is 0 Å². The van der Waals surface area contributed by atoms with E-state index in [1.807, 2.05) is 66.9 Å². The molecule has 0 bridgehead atoms. The van der Waals surface area contributed by atoms with Crippen molar-refractivity contribution in [3.63, 3.8) is 0 Å². The Morgan fingerprint density at radius 2 is 1.78 bits per heavy atom. The lowest BCUT2D eigenvalue weighted by Gasteiger charge is -2.12. The van der Waals surface area contributed by atoms with Crippen LogP contribution in [0.5, 0.6) is 5.75 Å². The molecule has 0 saturated carbocycles. The van der Waals surface area contributed by atoms with Crippen molar-refractivity contribution in [2.24, 2.45) is 0 Å². The third-order valence-electron chi connectivity index (χ3n) is 4.42. The average molecular weight is 423 g/mol. The first kappa shape index (κ1) is 17.4. The summed E-state index contributed by atoms with van der Waals surface area (Å²) in [6.07, 6.45) is 2.02. The number of halogens is 1. The zero-order chi connectivity index (χ0) is 18.8. The number of rotatable bonds is 5. The second-order valence-electron chi connectivity index (χ2n) is 6.21. The quantitative estimate of drug-likeness (QED) is 0.445. The lowest BCUT2D eigenvalue weighted by atomic mass is 10.1. The van der Waals surface area contributed by atoms with Crippen LogP contribution >= 0.6 is 15.9 Å². The summed E-state index contributed by atoms with van der Waals surface area (Å²) >= 11 is 3.60. The van der Waals surface area contributed by atoms with Crippen LogP contribution in [0.3, 0.4) is 0 Å². The molecule has 5 nitrogen and oxygen atoms in total. The van der Waals surface area contributed by atoms with Gasteiger partial charge in [0.15, 0.2) is 5.82 Å². The number of hydrogen-bond donors (Lipinski definition) is 2. The minimum Gasteiger partial charge on any atom is -0.497 e. The van der Waals surface area contributed by atoms with Crippen LogP contribution in [0.1, 0.15) is 5.56 Å². The molecule has 0 saturated heterocycles. The van der Waals surface area contributed by atoms with Gasteiger partial charge in [-0.25, -0.2) is 4.98 Å². The number of nitrogens with two attached hydrogens (primary N) is 1. The van der Waals surface area contributed by atoms with Crippen LogP contribution < -0.4 is 15.8 Å². The number of aromatic nitrogens is 2. The molecule has 2 aromatic heterocycles. The van der Waals surface area contributed by atoms with E-state index in [1.54, 1.807) is 7.11 Å². The Morgan fingerprint density at radius 1 is 1.04 bits per heavy atom. The largest absolute Gasteiger partial charge is 0.497 e. The van der Waals surface area contributed by atoms with Gasteiger partial charge in [0.05, 0.1) is 22.9 Å². The second kappa shape index (κ2) is 7.32. The van der Waals surface area contributed by atoms with Crippen molar-refractivity contribution in [3.8, 4) is 17.0 Å². The molecular weight excluding hydrogens is 404 g/mol. The molecule has 136 valence electrons. The highest BCUT2D eigenvalue weighted by Crippen LogP contribution is 2.27. The lowest BCUT2D eigenvalue weighted by molar-refractivity contribution is 0.414. The predicted octanol–water partition coefficient (Wildman–Crippen LogP) is 4.97. The maximum absolute atomic E-state index is 5.81. The van der Waals surface area contributed by atoms with Crippen molar-refractivity contribution in [2.45, 2.75) is 6.54 Å². The minimum absolute atomic E-state index is 0.667. The third-order valence-corrected chi connectivity index (χ3v) is 5.07. The summed E-state index contributed by atoms with van der Waals surface area (Å²) in [5.41, 5.74) is 10.6. The molecule has 0 radical (unpaired) electrons. The summed E-state index contributed by atoms with van der Waals surface area (Å²) < 4.78 is 8.27. The van der Waals surface area contributed by atoms with E-state index in [9.17, 15) is 0 Å². The highest BCUT2D eigenvalue weighted by Gasteiger charge is 2.10. The molecule has 0 unspecified atom stereocenters. The number of nitrogens with one attached hydrogen (secondary N) is 1. The highest BCUT2D eigenvalue weighted by molar-refractivity contribution is 9.10. The molecule has 3 N–H and O–H groups in total. The summed E-state index contributed by atoms with van der Waals surface area (Å²) in [6.45, 7) is 0.667. The van der Waals surface area contributed by atoms with Gasteiger partial charge in [-0.1, -0.05) is 24.3 Å². The van der Waals surface area contributed by atoms with Crippen LogP contribution in [-0.2, 0) is 6.54 Å². The molecule has 4 rings (SSSR count). The van der Waals surface area contributed by atoms with Gasteiger partial charge in [-0.05, 0) is 57.9 Å². The Balaban J connectivity index is 1.68. The van der Waals surface area contributed by atoms with Gasteiger partial charge in [-0.3, -0.25) is 0 Å². The van der Waals surface area contributed by atoms with Crippen LogP contribution in [0.15, 0.2) is 71.5 Å². The number of nitrogen functional groups attached to an aromatic ring is 1. The van der Waals surface area contributed by atoms with Gasteiger partial charge in [0.25, 0.3) is 0 Å². The van der Waals surface area contributed by atoms with E-state index in [0.29, 0.717) is 6.54 Å². The zero-order valence-electron chi connectivity index (χ0n) is 14.8. The van der Waals surface area contributed by atoms with E-state index in [4.69, 9.17) is 15.5 Å². The van der Waals surface area contributed by atoms with Crippen molar-refractivity contribution >= 4 is 33.0 Å². The van der Waals surface area contributed by atoms with Crippen LogP contribution in [0, 0.1) is 0 Å². The number of fused-ring (bicyclic) bond motifs is 1. The van der Waals surface area contributed by atoms with Crippen molar-refractivity contribution < 1.29 is 4.74 Å². The Kier molecular flexibility index (Phi) is 4.73. The molecular formula is C21H19BrN4O. The fraction of sp³-hybridized carbons (Fsp3) is 0.0952. The van der Waals surface area contributed by atoms with Crippen molar-refractivity contribution in [3.05, 3.63) is 77.0 Å². The molecule has 0 atom stereocenters. The monoisotopic (exact) mass is 422 g/mol. The van der Waals surface area contributed by atoms with Crippen molar-refractivity contribution in [1.82, 2.24) is 9.38 Å². The normalized spacial score (nSPS) is 10.9. The summed E-state index contributed by atoms with van der Waals surface area (Å²) in [5, 5.41) is 3.46. The molecule has 27 heavy (non-hydrogen) atoms. The molecule has 0 aliphatic carbocycles. The number of nitrogens with zero attached hydrogens (tertiary/aromatic N) is 2. The second-order valence-corrected chi connectivity index (χ2v) is 7.02. The summed E-state index contributed by atoms with van der Waals surface area (Å²) in [6, 6.07) is 19.8. The molecule has 6 heteroatoms. The van der Waals surface area contributed by atoms with Gasteiger partial charge in [-0.2, -0.15) is 0 Å². The van der Waals surface area contributed by atoms with E-state index in [-0.39, 0.29) is 0 Å². The van der Waals surface area contributed by atoms with E-state index >= 15 is 0 Å². The molecule has 2 heterocycles. The van der Waals surface area contributed by atoms with E-state index in [1.165, 1.54) is 0 Å². The van der Waals surface area contributed by atoms with Gasteiger partial charge >= 0.3 is 0 Å². The molecule has 2 aromatic carbocycles. The van der Waals surface area contributed by atoms with Crippen LogP contribution in [0.4, 0.5) is 11.5 Å². The summed E-state index contributed by atoms with van der Waals surface area (Å²) in [4.78, 5) is 4.84. The molecule has 0 aliphatic rings. The standard InChI is InChI=1S/C21H19BrN4O/c1-27-17-8-2-14(3-9-17)12-24-21-19-10-11-20(22)26(19)13-18(25-21)15-4-6-16(23)7-5-15/h2-11,13H,12,23H2,1H3,(H,24,25). The number of benzene rings is 2. The maximum Gasteiger partial charge on any atom is 0.151 e. The van der Waals surface area contributed by atoms with Crippen LogP contribution in [-0.4, -0.2) is 16.5 Å². The van der Waals surface area contributed by atoms with Gasteiger partial charge < -0.3 is 20.2 Å². The van der Waals surface area contributed by atoms with Gasteiger partial charge in [0.1, 0.15) is 5.75 Å². The number of anilines is 2. The number of ether oxygens (including phenoxy) is 1. The van der Waals surface area contributed by atoms with Gasteiger partial charge in [-0.15, -0.1) is 0 Å². The fourth-order valence-electron chi connectivity index (χ4n) is 2.93. The number of hydrogen-bond acceptors (Lipinski definition) is 4. The molecule has 0 fully saturated rings. The first-order chi connectivity index (χ1) is 13.1. The summed E-state index contributed by atoms with van der Waals surface area (Å²) in [5.74, 6) is 1.67. The Hall–Kier alpha value is -2.99. The van der Waals surface area contributed by atoms with Crippen molar-refractivity contribution in [2.75, 3.05) is 18.2 Å². The Labute approximate surface area is 165 Å². The van der Waals surface area contributed by atoms with Crippen LogP contribution in [0.2, 0.25) is 0 Å². The van der Waals surface area contributed by atoms with Gasteiger partial charge in [0, 0.05) is 24.0 Å². The molecule has 0 aliphatic heterocycles. The first-order valence-corrected chi connectivity index (χ1v) is 9.33. The third kappa shape index (κ3) is 3.61. The highest BCUT2D eigenvalue weighted by atomic mass is 79.9. The summed E-state index contributed by atoms with van der Waals surface area (Å²) in [7, 11) is 1.67. The predicted molar refractivity (Wildman–Crippen MR) is 113 cm³/mol. The smallest absolute Gasteiger partial charge is 0.151 e. The minimum atomic E-state index is 0.667. The van der Waals surface area contributed by atoms with E-state index in [0.717, 1.165) is 44.2 Å². The number of methoxy groups -OCH3 is 1. The maximum atomic E-state index is 5.81. The Bertz CT molecular complexity index is 1070. The molecule has 0 amide bonds. The molecule has 4 aromatic rings.